The van der Waals surface area contributed by atoms with Gasteiger partial charge in [0.05, 0.1) is 18.3 Å². The minimum Gasteiger partial charge on any atom is -0.492 e. The molecule has 0 saturated carbocycles. The van der Waals surface area contributed by atoms with Crippen LogP contribution in [0.15, 0.2) is 30.6 Å². The molecule has 10 nitrogen and oxygen atoms in total. The Morgan fingerprint density at radius 2 is 1.95 bits per heavy atom. The molecule has 11 heteroatoms. The van der Waals surface area contributed by atoms with Crippen LogP contribution >= 0.6 is 0 Å². The highest BCUT2D eigenvalue weighted by Crippen LogP contribution is 2.37. The first-order valence-electron chi connectivity index (χ1n) is 15.7. The fourth-order valence-corrected chi connectivity index (χ4v) is 6.74. The number of likely N-dealkylation sites (tertiary alicyclic amines) is 2. The lowest BCUT2D eigenvalue weighted by Gasteiger charge is -2.45. The SMILES string of the molecule is CCOc1cc(N2CCN(C(=O)N3CCC[C@H]3C(C)(C)F)C[C@H]2CC)c(C(=O)N[C@@H]2CCN(C)C2)nc1-c1cccnc1. The van der Waals surface area contributed by atoms with Crippen molar-refractivity contribution in [3.8, 4) is 17.0 Å². The van der Waals surface area contributed by atoms with Gasteiger partial charge in [-0.1, -0.05) is 6.92 Å². The summed E-state index contributed by atoms with van der Waals surface area (Å²) in [4.78, 5) is 44.8. The standard InChI is InChI=1S/C32H46FN7O3/c1-6-24-21-38(31(42)40-14-9-11-27(40)32(3,4)33)16-17-39(24)25-18-26(43-7-2)28(22-10-8-13-34-19-22)36-29(25)30(41)35-23-12-15-37(5)20-23/h8,10,13,18-19,23-24,27H,6-7,9,11-12,14-17,20-21H2,1-5H3,(H,35,41)/t23-,24-,27+/m1/s1. The molecule has 0 radical (unpaired) electrons. The van der Waals surface area contributed by atoms with Crippen molar-refractivity contribution >= 4 is 17.6 Å². The summed E-state index contributed by atoms with van der Waals surface area (Å²) in [6, 6.07) is 5.15. The molecule has 3 fully saturated rings. The van der Waals surface area contributed by atoms with Crippen LogP contribution in [0.2, 0.25) is 0 Å². The molecule has 3 aliphatic rings. The van der Waals surface area contributed by atoms with Crippen LogP contribution in [0.5, 0.6) is 5.75 Å². The molecule has 0 bridgehead atoms. The second-order valence-corrected chi connectivity index (χ2v) is 12.5. The van der Waals surface area contributed by atoms with Crippen molar-refractivity contribution in [2.45, 2.75) is 77.2 Å². The Morgan fingerprint density at radius 3 is 2.60 bits per heavy atom. The topological polar surface area (TPSA) is 94.1 Å². The van der Waals surface area contributed by atoms with E-state index in [1.807, 2.05) is 30.0 Å². The third-order valence-electron chi connectivity index (χ3n) is 8.97. The van der Waals surface area contributed by atoms with Gasteiger partial charge in [-0.2, -0.15) is 0 Å². The second kappa shape index (κ2) is 13.0. The number of hydrogen-bond donors (Lipinski definition) is 1. The summed E-state index contributed by atoms with van der Waals surface area (Å²) in [7, 11) is 2.05. The Bertz CT molecular complexity index is 1290. The zero-order valence-electron chi connectivity index (χ0n) is 26.2. The first-order chi connectivity index (χ1) is 20.6. The van der Waals surface area contributed by atoms with Gasteiger partial charge in [-0.05, 0) is 72.2 Å². The number of piperazine rings is 1. The maximum atomic E-state index is 15.0. The Kier molecular flexibility index (Phi) is 9.39. The van der Waals surface area contributed by atoms with E-state index in [2.05, 4.69) is 34.1 Å². The number of ether oxygens (including phenoxy) is 1. The summed E-state index contributed by atoms with van der Waals surface area (Å²) >= 11 is 0. The van der Waals surface area contributed by atoms with Crippen LogP contribution in [0, 0.1) is 0 Å². The van der Waals surface area contributed by atoms with Gasteiger partial charge in [0, 0.05) is 68.8 Å². The van der Waals surface area contributed by atoms with E-state index in [4.69, 9.17) is 9.72 Å². The van der Waals surface area contributed by atoms with Crippen LogP contribution in [0.1, 0.15) is 63.9 Å². The van der Waals surface area contributed by atoms with E-state index >= 15 is 0 Å². The van der Waals surface area contributed by atoms with Gasteiger partial charge < -0.3 is 29.7 Å². The maximum Gasteiger partial charge on any atom is 0.320 e. The molecule has 5 rings (SSSR count). The lowest BCUT2D eigenvalue weighted by molar-refractivity contribution is 0.0739. The molecular weight excluding hydrogens is 549 g/mol. The first-order valence-corrected chi connectivity index (χ1v) is 15.7. The number of carbonyl (C=O) groups is 2. The third-order valence-corrected chi connectivity index (χ3v) is 8.97. The van der Waals surface area contributed by atoms with E-state index in [9.17, 15) is 14.0 Å². The van der Waals surface area contributed by atoms with Gasteiger partial charge in [0.1, 0.15) is 17.1 Å². The van der Waals surface area contributed by atoms with E-state index in [-0.39, 0.29) is 24.0 Å². The summed E-state index contributed by atoms with van der Waals surface area (Å²) < 4.78 is 21.0. The summed E-state index contributed by atoms with van der Waals surface area (Å²) in [5.41, 5.74) is 0.928. The van der Waals surface area contributed by atoms with E-state index in [1.54, 1.807) is 31.1 Å². The summed E-state index contributed by atoms with van der Waals surface area (Å²) in [5.74, 6) is 0.364. The number of hydrogen-bond acceptors (Lipinski definition) is 7. The van der Waals surface area contributed by atoms with Crippen molar-refractivity contribution in [1.82, 2.24) is 30.0 Å². The molecule has 234 valence electrons. The molecule has 43 heavy (non-hydrogen) atoms. The van der Waals surface area contributed by atoms with Crippen molar-refractivity contribution in [2.24, 2.45) is 0 Å². The van der Waals surface area contributed by atoms with Gasteiger partial charge in [0.15, 0.2) is 5.69 Å². The second-order valence-electron chi connectivity index (χ2n) is 12.5. The van der Waals surface area contributed by atoms with E-state index in [0.29, 0.717) is 62.0 Å². The average Bonchev–Trinajstić information content (AvgIpc) is 3.66. The molecule has 1 N–H and O–H groups in total. The predicted octanol–water partition coefficient (Wildman–Crippen LogP) is 4.21. The van der Waals surface area contributed by atoms with Crippen LogP contribution in [0.4, 0.5) is 14.9 Å². The fraction of sp³-hybridized carbons (Fsp3) is 0.625. The van der Waals surface area contributed by atoms with Gasteiger partial charge in [0.25, 0.3) is 5.91 Å². The maximum absolute atomic E-state index is 15.0. The smallest absolute Gasteiger partial charge is 0.320 e. The highest BCUT2D eigenvalue weighted by atomic mass is 19.1. The number of amides is 3. The first kappa shape index (κ1) is 31.0. The van der Waals surface area contributed by atoms with Crippen LogP contribution in [0.3, 0.4) is 0 Å². The highest BCUT2D eigenvalue weighted by molar-refractivity contribution is 5.99. The Morgan fingerprint density at radius 1 is 1.14 bits per heavy atom. The Labute approximate surface area is 254 Å². The minimum atomic E-state index is -1.45. The van der Waals surface area contributed by atoms with Gasteiger partial charge in [-0.15, -0.1) is 0 Å². The average molecular weight is 596 g/mol. The quantitative estimate of drug-likeness (QED) is 0.489. The summed E-state index contributed by atoms with van der Waals surface area (Å²) in [5, 5.41) is 3.22. The molecule has 2 aromatic rings. The minimum absolute atomic E-state index is 0.0464. The number of nitrogens with zero attached hydrogens (tertiary/aromatic N) is 6. The molecule has 3 saturated heterocycles. The molecule has 3 amide bonds. The lowest BCUT2D eigenvalue weighted by Crippen LogP contribution is -2.59. The Balaban J connectivity index is 1.47. The zero-order valence-corrected chi connectivity index (χ0v) is 26.2. The van der Waals surface area contributed by atoms with Gasteiger partial charge in [-0.3, -0.25) is 9.78 Å². The van der Waals surface area contributed by atoms with E-state index < -0.39 is 11.7 Å². The van der Waals surface area contributed by atoms with Crippen molar-refractivity contribution in [1.29, 1.82) is 0 Å². The van der Waals surface area contributed by atoms with Crippen molar-refractivity contribution in [2.75, 3.05) is 57.8 Å². The largest absolute Gasteiger partial charge is 0.492 e. The highest BCUT2D eigenvalue weighted by Gasteiger charge is 2.43. The number of likely N-dealkylation sites (N-methyl/N-ethyl adjacent to an activating group) is 1. The lowest BCUT2D eigenvalue weighted by atomic mass is 9.98. The molecule has 0 aliphatic carbocycles. The number of rotatable bonds is 8. The van der Waals surface area contributed by atoms with E-state index in [0.717, 1.165) is 37.9 Å². The number of halogens is 1. The number of carbonyl (C=O) groups excluding carboxylic acids is 2. The molecule has 0 spiro atoms. The van der Waals surface area contributed by atoms with Gasteiger partial charge in [0.2, 0.25) is 0 Å². The zero-order chi connectivity index (χ0) is 30.7. The van der Waals surface area contributed by atoms with Crippen molar-refractivity contribution < 1.29 is 18.7 Å². The number of aromatic nitrogens is 2. The number of pyridine rings is 2. The van der Waals surface area contributed by atoms with Gasteiger partial charge >= 0.3 is 6.03 Å². The predicted molar refractivity (Wildman–Crippen MR) is 165 cm³/mol. The van der Waals surface area contributed by atoms with Gasteiger partial charge in [-0.25, -0.2) is 14.2 Å². The van der Waals surface area contributed by atoms with Crippen LogP contribution in [0.25, 0.3) is 11.3 Å². The number of nitrogens with one attached hydrogen (secondary N) is 1. The van der Waals surface area contributed by atoms with Crippen LogP contribution in [-0.4, -0.2) is 113 Å². The Hall–Kier alpha value is -3.47. The molecule has 2 aromatic heterocycles. The fourth-order valence-electron chi connectivity index (χ4n) is 6.74. The monoisotopic (exact) mass is 595 g/mol. The molecule has 3 aliphatic heterocycles. The normalized spacial score (nSPS) is 23.1. The third kappa shape index (κ3) is 6.71. The molecule has 3 atom stereocenters. The van der Waals surface area contributed by atoms with Crippen molar-refractivity contribution in [3.05, 3.63) is 36.3 Å². The number of alkyl halides is 1. The molecule has 0 unspecified atom stereocenters. The summed E-state index contributed by atoms with van der Waals surface area (Å²) in [6.45, 7) is 11.3. The molecule has 0 aromatic carbocycles. The molecule has 5 heterocycles. The van der Waals surface area contributed by atoms with Crippen molar-refractivity contribution in [3.63, 3.8) is 0 Å². The molecular formula is C32H46FN7O3. The van der Waals surface area contributed by atoms with E-state index in [1.165, 1.54) is 0 Å². The van der Waals surface area contributed by atoms with Crippen LogP contribution < -0.4 is 15.0 Å². The van der Waals surface area contributed by atoms with Crippen LogP contribution in [-0.2, 0) is 0 Å². The number of urea groups is 1. The summed E-state index contributed by atoms with van der Waals surface area (Å²) in [6.07, 6.45) is 6.55. The number of anilines is 1.